The Kier molecular flexibility index (Phi) is 9.25. The lowest BCUT2D eigenvalue weighted by Gasteiger charge is -2.15. The molecule has 1 aromatic rings. The van der Waals surface area contributed by atoms with Crippen LogP contribution in [0.4, 0.5) is 0 Å². The van der Waals surface area contributed by atoms with Crippen LogP contribution < -0.4 is 15.4 Å². The van der Waals surface area contributed by atoms with Gasteiger partial charge in [0.25, 0.3) is 11.8 Å². The van der Waals surface area contributed by atoms with Crippen molar-refractivity contribution in [1.29, 1.82) is 0 Å². The molecule has 0 radical (unpaired) electrons. The monoisotopic (exact) mass is 427 g/mol. The van der Waals surface area contributed by atoms with Crippen molar-refractivity contribution in [3.8, 4) is 0 Å². The first-order chi connectivity index (χ1) is 13.4. The van der Waals surface area contributed by atoms with Crippen molar-refractivity contribution in [3.05, 3.63) is 29.8 Å². The van der Waals surface area contributed by atoms with Crippen LogP contribution in [0.1, 0.15) is 45.0 Å². The van der Waals surface area contributed by atoms with Crippen LogP contribution in [-0.4, -0.2) is 51.4 Å². The molecule has 1 rings (SSSR count). The van der Waals surface area contributed by atoms with Gasteiger partial charge in [-0.15, -0.1) is 0 Å². The Balaban J connectivity index is 2.56. The number of carbonyl (C=O) groups excluding carboxylic acids is 3. The van der Waals surface area contributed by atoms with Crippen LogP contribution in [0.5, 0.6) is 0 Å². The standard InChI is InChI=1S/C19H29N3O6S/c1-12(2)10-20-18(24)14(5)28-17(23)11-21-19(25)15-6-8-16(9-7-15)29(26,27)22-13(3)4/h6-9,12-14,22H,10-11H2,1-5H3,(H,20,24)(H,21,25)/t14-/m1/s1. The molecule has 0 aliphatic heterocycles. The van der Waals surface area contributed by atoms with Crippen LogP contribution in [-0.2, 0) is 24.3 Å². The Morgan fingerprint density at radius 3 is 2.07 bits per heavy atom. The Bertz CT molecular complexity index is 819. The van der Waals surface area contributed by atoms with Gasteiger partial charge in [0.1, 0.15) is 6.54 Å². The number of nitrogens with one attached hydrogen (secondary N) is 3. The number of amides is 2. The van der Waals surface area contributed by atoms with Crippen molar-refractivity contribution in [2.75, 3.05) is 13.1 Å². The summed E-state index contributed by atoms with van der Waals surface area (Å²) in [6.45, 7) is 8.77. The summed E-state index contributed by atoms with van der Waals surface area (Å²) in [6.07, 6.45) is -0.976. The van der Waals surface area contributed by atoms with Crippen LogP contribution in [0, 0.1) is 5.92 Å². The van der Waals surface area contributed by atoms with Crippen molar-refractivity contribution in [3.63, 3.8) is 0 Å². The van der Waals surface area contributed by atoms with Crippen LogP contribution >= 0.6 is 0 Å². The van der Waals surface area contributed by atoms with Crippen molar-refractivity contribution >= 4 is 27.8 Å². The number of esters is 1. The third-order valence-corrected chi connectivity index (χ3v) is 5.25. The number of hydrogen-bond acceptors (Lipinski definition) is 6. The fourth-order valence-electron chi connectivity index (χ4n) is 2.16. The smallest absolute Gasteiger partial charge is 0.326 e. The zero-order valence-corrected chi connectivity index (χ0v) is 18.1. The summed E-state index contributed by atoms with van der Waals surface area (Å²) in [5, 5.41) is 5.02. The molecule has 2 amide bonds. The van der Waals surface area contributed by atoms with E-state index in [0.717, 1.165) is 0 Å². The zero-order chi connectivity index (χ0) is 22.2. The third-order valence-electron chi connectivity index (χ3n) is 3.57. The largest absolute Gasteiger partial charge is 0.451 e. The molecule has 0 saturated carbocycles. The van der Waals surface area contributed by atoms with Gasteiger partial charge >= 0.3 is 5.97 Å². The molecule has 10 heteroatoms. The lowest BCUT2D eigenvalue weighted by atomic mass is 10.2. The molecule has 162 valence electrons. The van der Waals surface area contributed by atoms with E-state index >= 15 is 0 Å². The maximum atomic E-state index is 12.1. The Hall–Kier alpha value is -2.46. The molecule has 1 aromatic carbocycles. The van der Waals surface area contributed by atoms with E-state index in [9.17, 15) is 22.8 Å². The number of ether oxygens (including phenoxy) is 1. The molecular weight excluding hydrogens is 398 g/mol. The quantitative estimate of drug-likeness (QED) is 0.474. The average Bonchev–Trinajstić information content (AvgIpc) is 2.63. The zero-order valence-electron chi connectivity index (χ0n) is 17.3. The van der Waals surface area contributed by atoms with Gasteiger partial charge in [-0.25, -0.2) is 13.1 Å². The van der Waals surface area contributed by atoms with Gasteiger partial charge in [0.15, 0.2) is 6.10 Å². The minimum absolute atomic E-state index is 0.0309. The molecule has 9 nitrogen and oxygen atoms in total. The van der Waals surface area contributed by atoms with E-state index in [1.807, 2.05) is 13.8 Å². The second-order valence-corrected chi connectivity index (χ2v) is 8.97. The van der Waals surface area contributed by atoms with Gasteiger partial charge < -0.3 is 15.4 Å². The molecule has 29 heavy (non-hydrogen) atoms. The lowest BCUT2D eigenvalue weighted by molar-refractivity contribution is -0.153. The third kappa shape index (κ3) is 8.61. The highest BCUT2D eigenvalue weighted by atomic mass is 32.2. The highest BCUT2D eigenvalue weighted by Crippen LogP contribution is 2.11. The van der Waals surface area contributed by atoms with Gasteiger partial charge in [-0.3, -0.25) is 14.4 Å². The van der Waals surface area contributed by atoms with Crippen molar-refractivity contribution in [2.45, 2.75) is 51.7 Å². The van der Waals surface area contributed by atoms with Crippen LogP contribution in [0.3, 0.4) is 0 Å². The Labute approximate surface area is 171 Å². The summed E-state index contributed by atoms with van der Waals surface area (Å²) in [5.74, 6) is -1.47. The fourth-order valence-corrected chi connectivity index (χ4v) is 3.41. The maximum Gasteiger partial charge on any atom is 0.326 e. The molecule has 0 aromatic heterocycles. The summed E-state index contributed by atoms with van der Waals surface area (Å²) in [5.41, 5.74) is 0.184. The topological polar surface area (TPSA) is 131 Å². The Morgan fingerprint density at radius 1 is 0.966 bits per heavy atom. The number of rotatable bonds is 10. The lowest BCUT2D eigenvalue weighted by Crippen LogP contribution is -2.39. The average molecular weight is 428 g/mol. The normalized spacial score (nSPS) is 12.5. The molecule has 0 heterocycles. The van der Waals surface area contributed by atoms with Gasteiger partial charge in [0, 0.05) is 18.2 Å². The van der Waals surface area contributed by atoms with Gasteiger partial charge in [-0.2, -0.15) is 0 Å². The van der Waals surface area contributed by atoms with Crippen molar-refractivity contribution in [2.24, 2.45) is 5.92 Å². The first kappa shape index (κ1) is 24.6. The van der Waals surface area contributed by atoms with E-state index in [4.69, 9.17) is 4.74 Å². The minimum atomic E-state index is -3.65. The van der Waals surface area contributed by atoms with Crippen LogP contribution in [0.2, 0.25) is 0 Å². The summed E-state index contributed by atoms with van der Waals surface area (Å²) in [4.78, 5) is 35.8. The molecule has 0 aliphatic carbocycles. The highest BCUT2D eigenvalue weighted by molar-refractivity contribution is 7.89. The first-order valence-electron chi connectivity index (χ1n) is 9.30. The summed E-state index contributed by atoms with van der Waals surface area (Å²) >= 11 is 0. The van der Waals surface area contributed by atoms with Gasteiger partial charge in [0.05, 0.1) is 4.90 Å². The molecule has 0 aliphatic rings. The number of sulfonamides is 1. The van der Waals surface area contributed by atoms with Crippen molar-refractivity contribution in [1.82, 2.24) is 15.4 Å². The van der Waals surface area contributed by atoms with E-state index in [2.05, 4.69) is 15.4 Å². The predicted molar refractivity (Wildman–Crippen MR) is 108 cm³/mol. The second kappa shape index (κ2) is 10.9. The maximum absolute atomic E-state index is 12.1. The van der Waals surface area contributed by atoms with Crippen molar-refractivity contribution < 1.29 is 27.5 Å². The first-order valence-corrected chi connectivity index (χ1v) is 10.8. The van der Waals surface area contributed by atoms with E-state index in [-0.39, 0.29) is 22.4 Å². The van der Waals surface area contributed by atoms with E-state index < -0.39 is 40.5 Å². The minimum Gasteiger partial charge on any atom is -0.451 e. The Morgan fingerprint density at radius 2 is 1.55 bits per heavy atom. The molecular formula is C19H29N3O6S. The molecule has 0 spiro atoms. The molecule has 0 saturated heterocycles. The fraction of sp³-hybridized carbons (Fsp3) is 0.526. The highest BCUT2D eigenvalue weighted by Gasteiger charge is 2.19. The molecule has 0 fully saturated rings. The van der Waals surface area contributed by atoms with Crippen LogP contribution in [0.15, 0.2) is 29.2 Å². The number of benzene rings is 1. The van der Waals surface area contributed by atoms with E-state index in [0.29, 0.717) is 6.54 Å². The summed E-state index contributed by atoms with van der Waals surface area (Å²) < 4.78 is 31.6. The molecule has 1 atom stereocenters. The summed E-state index contributed by atoms with van der Waals surface area (Å²) in [6, 6.07) is 5.04. The second-order valence-electron chi connectivity index (χ2n) is 7.25. The van der Waals surface area contributed by atoms with Gasteiger partial charge in [0.2, 0.25) is 10.0 Å². The van der Waals surface area contributed by atoms with Gasteiger partial charge in [-0.05, 0) is 51.0 Å². The summed E-state index contributed by atoms with van der Waals surface area (Å²) in [7, 11) is -3.65. The predicted octanol–water partition coefficient (Wildman–Crippen LogP) is 0.807. The SMILES string of the molecule is CC(C)CNC(=O)[C@@H](C)OC(=O)CNC(=O)c1ccc(S(=O)(=O)NC(C)C)cc1. The van der Waals surface area contributed by atoms with Gasteiger partial charge in [-0.1, -0.05) is 13.8 Å². The molecule has 0 unspecified atom stereocenters. The number of hydrogen-bond donors (Lipinski definition) is 3. The van der Waals surface area contributed by atoms with E-state index in [1.54, 1.807) is 13.8 Å². The molecule has 0 bridgehead atoms. The number of carbonyl (C=O) groups is 3. The molecule has 3 N–H and O–H groups in total. The van der Waals surface area contributed by atoms with E-state index in [1.165, 1.54) is 31.2 Å². The van der Waals surface area contributed by atoms with Crippen LogP contribution in [0.25, 0.3) is 0 Å².